The summed E-state index contributed by atoms with van der Waals surface area (Å²) in [5, 5.41) is 4.12. The molecule has 0 fully saturated rings. The number of benzene rings is 1. The molecule has 20 heavy (non-hydrogen) atoms. The molecule has 0 saturated heterocycles. The maximum atomic E-state index is 5.87. The molecule has 3 rings (SSSR count). The number of rotatable bonds is 3. The minimum atomic E-state index is 0.187. The lowest BCUT2D eigenvalue weighted by atomic mass is 10.2. The van der Waals surface area contributed by atoms with Crippen molar-refractivity contribution in [1.29, 1.82) is 0 Å². The first-order chi connectivity index (χ1) is 9.72. The molecule has 0 aliphatic rings. The molecular formula is C14H14N6. The van der Waals surface area contributed by atoms with Crippen LogP contribution in [0, 0.1) is 0 Å². The number of pyridine rings is 1. The highest BCUT2D eigenvalue weighted by Crippen LogP contribution is 2.22. The average Bonchev–Trinajstić information content (AvgIpc) is 2.46. The van der Waals surface area contributed by atoms with Gasteiger partial charge in [-0.2, -0.15) is 4.98 Å². The van der Waals surface area contributed by atoms with Crippen molar-refractivity contribution in [1.82, 2.24) is 15.0 Å². The van der Waals surface area contributed by atoms with Crippen LogP contribution in [0.4, 0.5) is 17.5 Å². The summed E-state index contributed by atoms with van der Waals surface area (Å²) in [7, 11) is 0. The molecule has 100 valence electrons. The maximum Gasteiger partial charge on any atom is 0.222 e. The summed E-state index contributed by atoms with van der Waals surface area (Å²) in [6.45, 7) is 0.712. The Hall–Kier alpha value is -2.89. The van der Waals surface area contributed by atoms with Crippen molar-refractivity contribution < 1.29 is 0 Å². The maximum absolute atomic E-state index is 5.87. The van der Waals surface area contributed by atoms with Gasteiger partial charge in [0.25, 0.3) is 0 Å². The van der Waals surface area contributed by atoms with Gasteiger partial charge in [0.05, 0.1) is 5.52 Å². The van der Waals surface area contributed by atoms with E-state index >= 15 is 0 Å². The molecule has 6 heteroatoms. The van der Waals surface area contributed by atoms with Gasteiger partial charge in [-0.05, 0) is 35.9 Å². The number of aromatic nitrogens is 3. The molecule has 0 spiro atoms. The number of hydrogen-bond acceptors (Lipinski definition) is 6. The van der Waals surface area contributed by atoms with Gasteiger partial charge in [-0.1, -0.05) is 0 Å². The molecular weight excluding hydrogens is 252 g/mol. The van der Waals surface area contributed by atoms with Crippen LogP contribution in [0.3, 0.4) is 0 Å². The summed E-state index contributed by atoms with van der Waals surface area (Å²) in [4.78, 5) is 12.1. The second kappa shape index (κ2) is 5.00. The molecule has 1 aromatic carbocycles. The second-order valence-electron chi connectivity index (χ2n) is 4.41. The first-order valence-corrected chi connectivity index (χ1v) is 6.18. The molecule has 0 amide bonds. The minimum Gasteiger partial charge on any atom is -0.383 e. The van der Waals surface area contributed by atoms with Gasteiger partial charge < -0.3 is 16.8 Å². The Kier molecular flexibility index (Phi) is 3.04. The molecule has 2 aromatic heterocycles. The second-order valence-corrected chi connectivity index (χ2v) is 4.41. The summed E-state index contributed by atoms with van der Waals surface area (Å²) in [5.41, 5.74) is 14.3. The Bertz CT molecular complexity index is 741. The first kappa shape index (κ1) is 12.2. The monoisotopic (exact) mass is 266 g/mol. The summed E-state index contributed by atoms with van der Waals surface area (Å²) in [5.74, 6) is 0.576. The largest absolute Gasteiger partial charge is 0.383 e. The Labute approximate surface area is 115 Å². The van der Waals surface area contributed by atoms with E-state index in [9.17, 15) is 0 Å². The van der Waals surface area contributed by atoms with Gasteiger partial charge in [0, 0.05) is 30.0 Å². The number of fused-ring (bicyclic) bond motifs is 1. The normalized spacial score (nSPS) is 10.6. The molecule has 3 aromatic rings. The fourth-order valence-electron chi connectivity index (χ4n) is 1.99. The van der Waals surface area contributed by atoms with Gasteiger partial charge in [-0.15, -0.1) is 0 Å². The fourth-order valence-corrected chi connectivity index (χ4v) is 1.99. The smallest absolute Gasteiger partial charge is 0.222 e. The van der Waals surface area contributed by atoms with Crippen molar-refractivity contribution >= 4 is 28.4 Å². The topological polar surface area (TPSA) is 103 Å². The van der Waals surface area contributed by atoms with Crippen molar-refractivity contribution in [2.24, 2.45) is 0 Å². The van der Waals surface area contributed by atoms with Crippen LogP contribution >= 0.6 is 0 Å². The zero-order chi connectivity index (χ0) is 13.9. The number of anilines is 3. The van der Waals surface area contributed by atoms with E-state index in [1.54, 1.807) is 12.4 Å². The number of nitrogens with zero attached hydrogens (tertiary/aromatic N) is 3. The third-order valence-electron chi connectivity index (χ3n) is 2.99. The predicted molar refractivity (Wildman–Crippen MR) is 79.9 cm³/mol. The quantitative estimate of drug-likeness (QED) is 0.668. The highest BCUT2D eigenvalue weighted by Gasteiger charge is 2.04. The lowest BCUT2D eigenvalue weighted by Gasteiger charge is -2.08. The van der Waals surface area contributed by atoms with Gasteiger partial charge in [0.1, 0.15) is 5.82 Å². The van der Waals surface area contributed by atoms with E-state index < -0.39 is 0 Å². The average molecular weight is 266 g/mol. The molecule has 0 bridgehead atoms. The number of nitrogens with one attached hydrogen (secondary N) is 1. The van der Waals surface area contributed by atoms with Crippen LogP contribution < -0.4 is 16.8 Å². The molecule has 5 N–H and O–H groups in total. The molecule has 0 saturated carbocycles. The molecule has 0 atom stereocenters. The summed E-state index contributed by atoms with van der Waals surface area (Å²) < 4.78 is 0. The van der Waals surface area contributed by atoms with E-state index in [2.05, 4.69) is 20.3 Å². The third-order valence-corrected chi connectivity index (χ3v) is 2.99. The standard InChI is InChI=1S/C14H14N6/c15-13-11-7-10(1-2-12(11)19-14(16)20-13)18-8-9-3-5-17-6-4-9/h1-7,18H,8H2,(H4,15,16,19,20). The molecule has 0 aliphatic heterocycles. The summed E-state index contributed by atoms with van der Waals surface area (Å²) in [6.07, 6.45) is 3.54. The lowest BCUT2D eigenvalue weighted by Crippen LogP contribution is -2.02. The van der Waals surface area contributed by atoms with Crippen molar-refractivity contribution in [3.05, 3.63) is 48.3 Å². The van der Waals surface area contributed by atoms with Crippen LogP contribution in [0.2, 0.25) is 0 Å². The molecule has 2 heterocycles. The zero-order valence-corrected chi connectivity index (χ0v) is 10.7. The fraction of sp³-hybridized carbons (Fsp3) is 0.0714. The van der Waals surface area contributed by atoms with E-state index in [4.69, 9.17) is 11.5 Å². The lowest BCUT2D eigenvalue weighted by molar-refractivity contribution is 1.13. The van der Waals surface area contributed by atoms with E-state index in [-0.39, 0.29) is 5.95 Å². The summed E-state index contributed by atoms with van der Waals surface area (Å²) >= 11 is 0. The SMILES string of the molecule is Nc1nc(N)c2cc(NCc3ccncc3)ccc2n1. The van der Waals surface area contributed by atoms with Gasteiger partial charge in [-0.25, -0.2) is 4.98 Å². The molecule has 0 aliphatic carbocycles. The van der Waals surface area contributed by atoms with Gasteiger partial charge in [0.15, 0.2) is 0 Å². The first-order valence-electron chi connectivity index (χ1n) is 6.18. The minimum absolute atomic E-state index is 0.187. The zero-order valence-electron chi connectivity index (χ0n) is 10.7. The van der Waals surface area contributed by atoms with Gasteiger partial charge in [-0.3, -0.25) is 4.98 Å². The van der Waals surface area contributed by atoms with E-state index in [1.807, 2.05) is 30.3 Å². The highest BCUT2D eigenvalue weighted by molar-refractivity contribution is 5.91. The number of nitrogens with two attached hydrogens (primary N) is 2. The van der Waals surface area contributed by atoms with E-state index in [1.165, 1.54) is 0 Å². The van der Waals surface area contributed by atoms with E-state index in [0.717, 1.165) is 22.2 Å². The van der Waals surface area contributed by atoms with Crippen LogP contribution in [0.1, 0.15) is 5.56 Å². The molecule has 6 nitrogen and oxygen atoms in total. The van der Waals surface area contributed by atoms with Crippen LogP contribution in [0.5, 0.6) is 0 Å². The predicted octanol–water partition coefficient (Wildman–Crippen LogP) is 1.80. The number of hydrogen-bond donors (Lipinski definition) is 3. The molecule has 0 radical (unpaired) electrons. The molecule has 0 unspecified atom stereocenters. The van der Waals surface area contributed by atoms with Crippen LogP contribution in [-0.2, 0) is 6.54 Å². The van der Waals surface area contributed by atoms with Gasteiger partial charge in [0.2, 0.25) is 5.95 Å². The third kappa shape index (κ3) is 2.44. The van der Waals surface area contributed by atoms with Crippen LogP contribution in [-0.4, -0.2) is 15.0 Å². The Morgan fingerprint density at radius 3 is 2.60 bits per heavy atom. The highest BCUT2D eigenvalue weighted by atomic mass is 15.0. The Morgan fingerprint density at radius 1 is 1.00 bits per heavy atom. The Balaban J connectivity index is 1.86. The summed E-state index contributed by atoms with van der Waals surface area (Å²) in [6, 6.07) is 9.66. The van der Waals surface area contributed by atoms with Crippen molar-refractivity contribution in [3.8, 4) is 0 Å². The van der Waals surface area contributed by atoms with Crippen molar-refractivity contribution in [3.63, 3.8) is 0 Å². The van der Waals surface area contributed by atoms with Crippen LogP contribution in [0.15, 0.2) is 42.7 Å². The Morgan fingerprint density at radius 2 is 1.80 bits per heavy atom. The number of nitrogen functional groups attached to an aromatic ring is 2. The van der Waals surface area contributed by atoms with Crippen LogP contribution in [0.25, 0.3) is 10.9 Å². The van der Waals surface area contributed by atoms with Gasteiger partial charge >= 0.3 is 0 Å². The van der Waals surface area contributed by atoms with Crippen molar-refractivity contribution in [2.75, 3.05) is 16.8 Å². The van der Waals surface area contributed by atoms with E-state index in [0.29, 0.717) is 12.4 Å². The van der Waals surface area contributed by atoms with Crippen molar-refractivity contribution in [2.45, 2.75) is 6.54 Å².